The van der Waals surface area contributed by atoms with E-state index in [1.807, 2.05) is 0 Å². The Labute approximate surface area is 149 Å². The zero-order chi connectivity index (χ0) is 19.8. The van der Waals surface area contributed by atoms with Gasteiger partial charge < -0.3 is 10.2 Å². The van der Waals surface area contributed by atoms with E-state index in [2.05, 4.69) is 10.3 Å². The predicted octanol–water partition coefficient (Wildman–Crippen LogP) is 3.55. The molecule has 0 spiro atoms. The second-order valence-electron chi connectivity index (χ2n) is 5.74. The number of aliphatic hydroxyl groups excluding tert-OH is 1. The Morgan fingerprint density at radius 3 is 2.44 bits per heavy atom. The molecule has 0 aliphatic rings. The van der Waals surface area contributed by atoms with Crippen LogP contribution in [0.25, 0.3) is 5.69 Å². The van der Waals surface area contributed by atoms with Gasteiger partial charge in [0.1, 0.15) is 23.1 Å². The molecule has 1 heterocycles. The lowest BCUT2D eigenvalue weighted by Crippen LogP contribution is -2.09. The molecule has 0 fully saturated rings. The third-order valence-corrected chi connectivity index (χ3v) is 3.81. The van der Waals surface area contributed by atoms with Crippen LogP contribution < -0.4 is 0 Å². The summed E-state index contributed by atoms with van der Waals surface area (Å²) in [5, 5.41) is 27.3. The third-order valence-electron chi connectivity index (χ3n) is 3.81. The second-order valence-corrected chi connectivity index (χ2v) is 5.74. The number of aliphatic hydroxyl groups is 1. The van der Waals surface area contributed by atoms with Crippen molar-refractivity contribution in [2.24, 2.45) is 0 Å². The normalized spacial score (nSPS) is 13.0. The molecule has 1 unspecified atom stereocenters. The molecule has 5 nitrogen and oxygen atoms in total. The summed E-state index contributed by atoms with van der Waals surface area (Å²) in [5.41, 5.74) is -1.16. The van der Waals surface area contributed by atoms with Crippen LogP contribution >= 0.6 is 0 Å². The minimum Gasteiger partial charge on any atom is -0.506 e. The van der Waals surface area contributed by atoms with Gasteiger partial charge in [0.2, 0.25) is 0 Å². The summed E-state index contributed by atoms with van der Waals surface area (Å²) in [7, 11) is 0. The Balaban J connectivity index is 1.79. The minimum atomic E-state index is -4.69. The molecule has 0 saturated heterocycles. The van der Waals surface area contributed by atoms with E-state index < -0.39 is 29.5 Å². The molecular weight excluding hydrogens is 373 g/mol. The average molecular weight is 385 g/mol. The van der Waals surface area contributed by atoms with Gasteiger partial charge in [-0.15, -0.1) is 5.10 Å². The van der Waals surface area contributed by atoms with Gasteiger partial charge in [0.25, 0.3) is 0 Å². The van der Waals surface area contributed by atoms with Gasteiger partial charge in [-0.1, -0.05) is 11.3 Å². The van der Waals surface area contributed by atoms with Crippen molar-refractivity contribution >= 4 is 0 Å². The van der Waals surface area contributed by atoms with Crippen molar-refractivity contribution in [3.63, 3.8) is 0 Å². The van der Waals surface area contributed by atoms with Crippen molar-refractivity contribution in [3.05, 3.63) is 71.1 Å². The summed E-state index contributed by atoms with van der Waals surface area (Å²) >= 11 is 0. The number of phenols is 1. The van der Waals surface area contributed by atoms with Crippen molar-refractivity contribution in [1.82, 2.24) is 15.0 Å². The molecule has 3 aromatic rings. The number of phenolic OH excluding ortho intramolecular Hbond substituents is 1. The quantitative estimate of drug-likeness (QED) is 0.674. The fraction of sp³-hybridized carbons (Fsp3) is 0.176. The van der Waals surface area contributed by atoms with Crippen LogP contribution in [0.2, 0.25) is 0 Å². The van der Waals surface area contributed by atoms with Crippen molar-refractivity contribution in [2.75, 3.05) is 0 Å². The molecule has 0 radical (unpaired) electrons. The molecule has 3 rings (SSSR count). The van der Waals surface area contributed by atoms with Gasteiger partial charge >= 0.3 is 6.18 Å². The maximum absolute atomic E-state index is 13.9. The Morgan fingerprint density at radius 1 is 1.07 bits per heavy atom. The van der Waals surface area contributed by atoms with Crippen molar-refractivity contribution in [1.29, 1.82) is 0 Å². The highest BCUT2D eigenvalue weighted by molar-refractivity contribution is 5.45. The van der Waals surface area contributed by atoms with Crippen molar-refractivity contribution in [3.8, 4) is 11.4 Å². The maximum Gasteiger partial charge on any atom is 0.416 e. The van der Waals surface area contributed by atoms with Gasteiger partial charge in [0.15, 0.2) is 0 Å². The van der Waals surface area contributed by atoms with E-state index in [0.29, 0.717) is 12.1 Å². The van der Waals surface area contributed by atoms with E-state index in [1.165, 1.54) is 12.3 Å². The predicted molar refractivity (Wildman–Crippen MR) is 83.0 cm³/mol. The summed E-state index contributed by atoms with van der Waals surface area (Å²) in [6.45, 7) is 0. The van der Waals surface area contributed by atoms with E-state index in [0.717, 1.165) is 22.9 Å². The van der Waals surface area contributed by atoms with Gasteiger partial charge in [-0.05, 0) is 24.3 Å². The van der Waals surface area contributed by atoms with Crippen LogP contribution in [0.3, 0.4) is 0 Å². The van der Waals surface area contributed by atoms with Crippen molar-refractivity contribution in [2.45, 2.75) is 18.7 Å². The topological polar surface area (TPSA) is 71.2 Å². The summed E-state index contributed by atoms with van der Waals surface area (Å²) in [6.07, 6.45) is -5.06. The molecule has 0 amide bonds. The average Bonchev–Trinajstić information content (AvgIpc) is 3.01. The SMILES string of the molecule is Oc1cc(F)ccc1-n1cc(CC(O)c2ccc(C(F)(F)F)cc2F)nn1. The van der Waals surface area contributed by atoms with E-state index in [1.54, 1.807) is 0 Å². The molecular formula is C17H12F5N3O2. The second kappa shape index (κ2) is 6.95. The number of benzene rings is 2. The van der Waals surface area contributed by atoms with Crippen LogP contribution in [0.1, 0.15) is 22.9 Å². The number of nitrogens with zero attached hydrogens (tertiary/aromatic N) is 3. The fourth-order valence-electron chi connectivity index (χ4n) is 2.48. The Morgan fingerprint density at radius 2 is 1.81 bits per heavy atom. The lowest BCUT2D eigenvalue weighted by atomic mass is 10.0. The molecule has 2 N–H and O–H groups in total. The summed E-state index contributed by atoms with van der Waals surface area (Å²) < 4.78 is 65.8. The fourth-order valence-corrected chi connectivity index (χ4v) is 2.48. The standard InChI is InChI=1S/C17H12F5N3O2/c18-10-2-4-14(16(27)6-10)25-8-11(23-24-25)7-15(26)12-3-1-9(5-13(12)19)17(20,21)22/h1-6,8,15,26-27H,7H2. The first kappa shape index (κ1) is 18.8. The van der Waals surface area contributed by atoms with Crippen LogP contribution in [-0.2, 0) is 12.6 Å². The molecule has 0 aliphatic carbocycles. The number of alkyl halides is 3. The van der Waals surface area contributed by atoms with Gasteiger partial charge in [-0.3, -0.25) is 0 Å². The van der Waals surface area contributed by atoms with E-state index in [4.69, 9.17) is 0 Å². The number of halogens is 5. The molecule has 0 saturated carbocycles. The summed E-state index contributed by atoms with van der Waals surface area (Å²) in [4.78, 5) is 0. The van der Waals surface area contributed by atoms with Crippen molar-refractivity contribution < 1.29 is 32.2 Å². The summed E-state index contributed by atoms with van der Waals surface area (Å²) in [6, 6.07) is 5.08. The first-order valence-electron chi connectivity index (χ1n) is 7.60. The van der Waals surface area contributed by atoms with E-state index >= 15 is 0 Å². The molecule has 2 aromatic carbocycles. The van der Waals surface area contributed by atoms with Crippen LogP contribution in [0, 0.1) is 11.6 Å². The monoisotopic (exact) mass is 385 g/mol. The first-order valence-corrected chi connectivity index (χ1v) is 7.60. The van der Waals surface area contributed by atoms with Gasteiger partial charge in [0, 0.05) is 18.1 Å². The van der Waals surface area contributed by atoms with Crippen LogP contribution in [0.4, 0.5) is 22.0 Å². The largest absolute Gasteiger partial charge is 0.506 e. The molecule has 0 bridgehead atoms. The Bertz CT molecular complexity index is 971. The van der Waals surface area contributed by atoms with Gasteiger partial charge in [-0.2, -0.15) is 13.2 Å². The molecule has 27 heavy (non-hydrogen) atoms. The lowest BCUT2D eigenvalue weighted by Gasteiger charge is -2.13. The number of rotatable bonds is 4. The number of hydrogen-bond donors (Lipinski definition) is 2. The van der Waals surface area contributed by atoms with Gasteiger partial charge in [0.05, 0.1) is 23.6 Å². The summed E-state index contributed by atoms with van der Waals surface area (Å²) in [5.74, 6) is -2.23. The lowest BCUT2D eigenvalue weighted by molar-refractivity contribution is -0.137. The van der Waals surface area contributed by atoms with Crippen LogP contribution in [0.15, 0.2) is 42.6 Å². The van der Waals surface area contributed by atoms with Gasteiger partial charge in [-0.25, -0.2) is 13.5 Å². The maximum atomic E-state index is 13.9. The molecule has 1 atom stereocenters. The molecule has 142 valence electrons. The molecule has 1 aromatic heterocycles. The first-order chi connectivity index (χ1) is 12.6. The van der Waals surface area contributed by atoms with E-state index in [-0.39, 0.29) is 29.1 Å². The Hall–Kier alpha value is -3.01. The minimum absolute atomic E-state index is 0.130. The highest BCUT2D eigenvalue weighted by atomic mass is 19.4. The number of aromatic hydroxyl groups is 1. The highest BCUT2D eigenvalue weighted by Crippen LogP contribution is 2.32. The number of aromatic nitrogens is 3. The smallest absolute Gasteiger partial charge is 0.416 e. The zero-order valence-electron chi connectivity index (χ0n) is 13.5. The third kappa shape index (κ3) is 4.05. The van der Waals surface area contributed by atoms with Crippen LogP contribution in [-0.4, -0.2) is 25.2 Å². The number of hydrogen-bond acceptors (Lipinski definition) is 4. The molecule has 10 heteroatoms. The molecule has 0 aliphatic heterocycles. The highest BCUT2D eigenvalue weighted by Gasteiger charge is 2.31. The van der Waals surface area contributed by atoms with Crippen LogP contribution in [0.5, 0.6) is 5.75 Å². The van der Waals surface area contributed by atoms with E-state index in [9.17, 15) is 32.2 Å². The zero-order valence-corrected chi connectivity index (χ0v) is 13.5. The Kier molecular flexibility index (Phi) is 4.83.